The standard InChI is InChI=1S/C7H3ClINO2/c8-5-2-1-4(3-6(5)9)7(11)10-12/h1-3H. The summed E-state index contributed by atoms with van der Waals surface area (Å²) in [6, 6.07) is 4.54. The van der Waals surface area contributed by atoms with Gasteiger partial charge in [-0.05, 0) is 40.8 Å². The van der Waals surface area contributed by atoms with E-state index >= 15 is 0 Å². The van der Waals surface area contributed by atoms with E-state index in [9.17, 15) is 9.70 Å². The zero-order valence-electron chi connectivity index (χ0n) is 5.75. The minimum absolute atomic E-state index is 0.263. The predicted octanol–water partition coefficient (Wildman–Crippen LogP) is 2.85. The highest BCUT2D eigenvalue weighted by Gasteiger charge is 2.06. The number of halogens is 2. The van der Waals surface area contributed by atoms with Crippen molar-refractivity contribution in [1.82, 2.24) is 0 Å². The van der Waals surface area contributed by atoms with Gasteiger partial charge in [-0.2, -0.15) is 0 Å². The average molecular weight is 295 g/mol. The Morgan fingerprint density at radius 2 is 2.17 bits per heavy atom. The Morgan fingerprint density at radius 1 is 1.50 bits per heavy atom. The van der Waals surface area contributed by atoms with E-state index in [1.54, 1.807) is 6.07 Å². The van der Waals surface area contributed by atoms with E-state index in [2.05, 4.69) is 5.18 Å². The van der Waals surface area contributed by atoms with Crippen LogP contribution in [0.3, 0.4) is 0 Å². The normalized spacial score (nSPS) is 9.50. The summed E-state index contributed by atoms with van der Waals surface area (Å²) < 4.78 is 0.726. The van der Waals surface area contributed by atoms with Crippen LogP contribution in [0.25, 0.3) is 0 Å². The van der Waals surface area contributed by atoms with Crippen LogP contribution in [0.5, 0.6) is 0 Å². The highest BCUT2D eigenvalue weighted by atomic mass is 127. The molecule has 0 bridgehead atoms. The molecule has 0 heterocycles. The molecular weight excluding hydrogens is 292 g/mol. The zero-order valence-corrected chi connectivity index (χ0v) is 8.67. The summed E-state index contributed by atoms with van der Waals surface area (Å²) in [7, 11) is 0. The van der Waals surface area contributed by atoms with Crippen molar-refractivity contribution in [1.29, 1.82) is 0 Å². The molecule has 1 amide bonds. The molecule has 1 aromatic rings. The van der Waals surface area contributed by atoms with Crippen LogP contribution in [0, 0.1) is 8.48 Å². The number of amides is 1. The van der Waals surface area contributed by atoms with Crippen LogP contribution in [0.2, 0.25) is 5.02 Å². The number of carbonyl (C=O) groups excluding carboxylic acids is 1. The number of carbonyl (C=O) groups is 1. The largest absolute Gasteiger partial charge is 0.316 e. The molecule has 0 saturated carbocycles. The molecule has 5 heteroatoms. The predicted molar refractivity (Wildman–Crippen MR) is 54.3 cm³/mol. The van der Waals surface area contributed by atoms with Gasteiger partial charge in [0.2, 0.25) is 0 Å². The van der Waals surface area contributed by atoms with Crippen LogP contribution in [0.15, 0.2) is 23.4 Å². The summed E-state index contributed by atoms with van der Waals surface area (Å²) in [6.07, 6.45) is 0. The van der Waals surface area contributed by atoms with Crippen LogP contribution in [-0.2, 0) is 0 Å². The molecule has 0 spiro atoms. The highest BCUT2D eigenvalue weighted by molar-refractivity contribution is 14.1. The molecule has 12 heavy (non-hydrogen) atoms. The average Bonchev–Trinajstić information content (AvgIpc) is 2.08. The molecule has 0 saturated heterocycles. The first kappa shape index (κ1) is 9.60. The number of rotatable bonds is 1. The Kier molecular flexibility index (Phi) is 3.16. The van der Waals surface area contributed by atoms with Crippen LogP contribution in [0.4, 0.5) is 0 Å². The molecule has 0 radical (unpaired) electrons. The third-order valence-corrected chi connectivity index (χ3v) is 2.79. The molecule has 0 unspecified atom stereocenters. The molecule has 0 aliphatic heterocycles. The van der Waals surface area contributed by atoms with Crippen molar-refractivity contribution < 1.29 is 4.79 Å². The Labute approximate surface area is 87.2 Å². The van der Waals surface area contributed by atoms with Gasteiger partial charge < -0.3 is 0 Å². The van der Waals surface area contributed by atoms with Gasteiger partial charge in [0.25, 0.3) is 0 Å². The van der Waals surface area contributed by atoms with E-state index in [4.69, 9.17) is 11.6 Å². The Balaban J connectivity index is 3.13. The van der Waals surface area contributed by atoms with Gasteiger partial charge in [-0.1, -0.05) is 11.6 Å². The summed E-state index contributed by atoms with van der Waals surface area (Å²) in [4.78, 5) is 20.6. The van der Waals surface area contributed by atoms with Gasteiger partial charge in [-0.25, -0.2) is 0 Å². The first-order valence-electron chi connectivity index (χ1n) is 2.98. The molecule has 0 atom stereocenters. The van der Waals surface area contributed by atoms with E-state index < -0.39 is 5.91 Å². The van der Waals surface area contributed by atoms with Gasteiger partial charge in [0, 0.05) is 14.3 Å². The van der Waals surface area contributed by atoms with Crippen LogP contribution < -0.4 is 0 Å². The molecule has 0 aromatic heterocycles. The lowest BCUT2D eigenvalue weighted by atomic mass is 10.2. The topological polar surface area (TPSA) is 46.5 Å². The Bertz CT molecular complexity index is 340. The summed E-state index contributed by atoms with van der Waals surface area (Å²) in [6.45, 7) is 0. The SMILES string of the molecule is O=NC(=O)c1ccc(Cl)c(I)c1. The number of hydrogen-bond acceptors (Lipinski definition) is 2. The molecule has 3 nitrogen and oxygen atoms in total. The maximum Gasteiger partial charge on any atom is 0.316 e. The van der Waals surface area contributed by atoms with E-state index in [1.807, 2.05) is 22.6 Å². The molecule has 1 rings (SSSR count). The van der Waals surface area contributed by atoms with Crippen molar-refractivity contribution >= 4 is 40.1 Å². The van der Waals surface area contributed by atoms with Gasteiger partial charge in [0.15, 0.2) is 0 Å². The fourth-order valence-corrected chi connectivity index (χ4v) is 1.31. The van der Waals surface area contributed by atoms with E-state index in [1.165, 1.54) is 12.1 Å². The summed E-state index contributed by atoms with van der Waals surface area (Å²) in [5.74, 6) is -0.774. The number of benzene rings is 1. The maximum atomic E-state index is 10.8. The Hall–Kier alpha value is -0.490. The van der Waals surface area contributed by atoms with Crippen molar-refractivity contribution in [2.24, 2.45) is 5.18 Å². The molecule has 0 N–H and O–H groups in total. The summed E-state index contributed by atoms with van der Waals surface area (Å²) >= 11 is 7.67. The second-order valence-electron chi connectivity index (χ2n) is 2.03. The van der Waals surface area contributed by atoms with Crippen molar-refractivity contribution in [3.63, 3.8) is 0 Å². The lowest BCUT2D eigenvalue weighted by Gasteiger charge is -1.96. The van der Waals surface area contributed by atoms with Crippen LogP contribution in [-0.4, -0.2) is 5.91 Å². The molecule has 62 valence electrons. The van der Waals surface area contributed by atoms with Gasteiger partial charge in [0.05, 0.1) is 5.02 Å². The fourth-order valence-electron chi connectivity index (χ4n) is 0.682. The van der Waals surface area contributed by atoms with Crippen molar-refractivity contribution in [3.8, 4) is 0 Å². The quantitative estimate of drug-likeness (QED) is 0.591. The summed E-state index contributed by atoms with van der Waals surface area (Å²) in [5.41, 5.74) is 0.263. The molecule has 0 fully saturated rings. The fraction of sp³-hybridized carbons (Fsp3) is 0. The lowest BCUT2D eigenvalue weighted by molar-refractivity contribution is 0.100. The maximum absolute atomic E-state index is 10.8. The lowest BCUT2D eigenvalue weighted by Crippen LogP contribution is -1.93. The van der Waals surface area contributed by atoms with Gasteiger partial charge in [-0.3, -0.25) is 4.79 Å². The second-order valence-corrected chi connectivity index (χ2v) is 3.59. The first-order chi connectivity index (χ1) is 5.65. The Morgan fingerprint density at radius 3 is 2.67 bits per heavy atom. The minimum atomic E-state index is -0.774. The van der Waals surface area contributed by atoms with Crippen molar-refractivity contribution in [2.45, 2.75) is 0 Å². The molecule has 0 aliphatic carbocycles. The van der Waals surface area contributed by atoms with Gasteiger partial charge >= 0.3 is 5.91 Å². The summed E-state index contributed by atoms with van der Waals surface area (Å²) in [5, 5.41) is 2.85. The van der Waals surface area contributed by atoms with E-state index in [0.717, 1.165) is 3.57 Å². The van der Waals surface area contributed by atoms with E-state index in [0.29, 0.717) is 5.02 Å². The van der Waals surface area contributed by atoms with Crippen LogP contribution in [0.1, 0.15) is 10.4 Å². The number of nitrogens with zero attached hydrogens (tertiary/aromatic N) is 1. The molecule has 1 aromatic carbocycles. The first-order valence-corrected chi connectivity index (χ1v) is 4.43. The van der Waals surface area contributed by atoms with Gasteiger partial charge in [0.1, 0.15) is 0 Å². The molecule has 0 aliphatic rings. The second kappa shape index (κ2) is 3.95. The zero-order chi connectivity index (χ0) is 9.14. The monoisotopic (exact) mass is 295 g/mol. The van der Waals surface area contributed by atoms with Crippen molar-refractivity contribution in [3.05, 3.63) is 37.3 Å². The van der Waals surface area contributed by atoms with Crippen LogP contribution >= 0.6 is 34.2 Å². The third kappa shape index (κ3) is 2.01. The van der Waals surface area contributed by atoms with Gasteiger partial charge in [-0.15, -0.1) is 4.91 Å². The number of hydrogen-bond donors (Lipinski definition) is 0. The smallest absolute Gasteiger partial charge is 0.263 e. The van der Waals surface area contributed by atoms with E-state index in [-0.39, 0.29) is 5.56 Å². The number of nitroso groups, excluding NO2 is 1. The third-order valence-electron chi connectivity index (χ3n) is 1.25. The van der Waals surface area contributed by atoms with Crippen molar-refractivity contribution in [2.75, 3.05) is 0 Å². The minimum Gasteiger partial charge on any atom is -0.263 e. The highest BCUT2D eigenvalue weighted by Crippen LogP contribution is 2.19. The molecular formula is C7H3ClINO2.